The van der Waals surface area contributed by atoms with Crippen LogP contribution in [0.3, 0.4) is 0 Å². The molecule has 1 amide bonds. The Morgan fingerprint density at radius 3 is 2.66 bits per heavy atom. The van der Waals surface area contributed by atoms with Crippen LogP contribution < -0.4 is 4.74 Å². The van der Waals surface area contributed by atoms with Gasteiger partial charge in [0.25, 0.3) is 5.91 Å². The second kappa shape index (κ2) is 12.6. The molecule has 2 aliphatic rings. The number of ether oxygens (including phenoxy) is 1. The highest BCUT2D eigenvalue weighted by Crippen LogP contribution is 2.39. The molecule has 0 radical (unpaired) electrons. The molecule has 0 N–H and O–H groups in total. The van der Waals surface area contributed by atoms with Crippen molar-refractivity contribution in [2.24, 2.45) is 5.41 Å². The first-order chi connectivity index (χ1) is 18.6. The minimum Gasteiger partial charge on any atom is -0.492 e. The molecule has 0 aliphatic carbocycles. The van der Waals surface area contributed by atoms with Gasteiger partial charge in [-0.1, -0.05) is 36.7 Å². The molecular weight excluding hydrogens is 476 g/mol. The number of para-hydroxylation sites is 1. The third-order valence-electron chi connectivity index (χ3n) is 8.14. The minimum atomic E-state index is -0.00208. The minimum absolute atomic E-state index is 0.00208. The van der Waals surface area contributed by atoms with Gasteiger partial charge in [0.15, 0.2) is 5.69 Å². The van der Waals surface area contributed by atoms with E-state index in [1.165, 1.54) is 24.0 Å². The molecule has 38 heavy (non-hydrogen) atoms. The summed E-state index contributed by atoms with van der Waals surface area (Å²) in [5, 5.41) is 4.07. The second-order valence-electron chi connectivity index (χ2n) is 11.0. The van der Waals surface area contributed by atoms with E-state index < -0.39 is 0 Å². The van der Waals surface area contributed by atoms with Crippen LogP contribution in [-0.4, -0.2) is 58.6 Å². The third kappa shape index (κ3) is 6.62. The highest BCUT2D eigenvalue weighted by atomic mass is 16.5. The summed E-state index contributed by atoms with van der Waals surface area (Å²) in [6, 6.07) is 14.5. The first kappa shape index (κ1) is 26.4. The van der Waals surface area contributed by atoms with Gasteiger partial charge in [-0.05, 0) is 73.3 Å². The van der Waals surface area contributed by atoms with Crippen molar-refractivity contribution in [2.45, 2.75) is 64.8 Å². The Hall–Kier alpha value is -3.19. The summed E-state index contributed by atoms with van der Waals surface area (Å²) < 4.78 is 11.7. The molecule has 7 nitrogen and oxygen atoms in total. The highest BCUT2D eigenvalue weighted by Gasteiger charge is 2.38. The van der Waals surface area contributed by atoms with Crippen molar-refractivity contribution in [2.75, 3.05) is 32.8 Å². The molecule has 202 valence electrons. The van der Waals surface area contributed by atoms with Gasteiger partial charge < -0.3 is 14.2 Å². The standard InChI is InChI=1S/C31H40N4O3/c1-2-7-27-22-28(33-38-27)30(36)35-18-14-31(15-19-35)13-6-5-9-26-8-3-4-10-29(26)37-21-20-34(24-31)23-25-11-16-32-17-12-25/h3-4,8,10-12,16-17,22H,2,5-7,9,13-15,18-21,23-24H2,1H3. The van der Waals surface area contributed by atoms with Crippen molar-refractivity contribution in [3.8, 4) is 5.75 Å². The summed E-state index contributed by atoms with van der Waals surface area (Å²) in [4.78, 5) is 21.9. The zero-order valence-electron chi connectivity index (χ0n) is 22.6. The lowest BCUT2D eigenvalue weighted by Crippen LogP contribution is -2.48. The van der Waals surface area contributed by atoms with Gasteiger partial charge in [-0.2, -0.15) is 0 Å². The number of likely N-dealkylation sites (tertiary alicyclic amines) is 1. The number of fused-ring (bicyclic) bond motifs is 1. The van der Waals surface area contributed by atoms with Gasteiger partial charge in [-0.15, -0.1) is 0 Å². The number of carbonyl (C=O) groups excluding carboxylic acids is 1. The van der Waals surface area contributed by atoms with Gasteiger partial charge in [0.2, 0.25) is 0 Å². The van der Waals surface area contributed by atoms with Crippen LogP contribution in [-0.2, 0) is 19.4 Å². The van der Waals surface area contributed by atoms with Crippen molar-refractivity contribution < 1.29 is 14.1 Å². The first-order valence-electron chi connectivity index (χ1n) is 14.2. The molecular formula is C31H40N4O3. The molecule has 0 bridgehead atoms. The lowest BCUT2D eigenvalue weighted by Gasteiger charge is -2.45. The fourth-order valence-corrected chi connectivity index (χ4v) is 6.00. The number of aromatic nitrogens is 2. The number of piperidine rings is 1. The van der Waals surface area contributed by atoms with Gasteiger partial charge in [0.1, 0.15) is 18.1 Å². The van der Waals surface area contributed by atoms with Crippen LogP contribution in [0.5, 0.6) is 5.75 Å². The Labute approximate surface area is 226 Å². The van der Waals surface area contributed by atoms with E-state index in [-0.39, 0.29) is 11.3 Å². The smallest absolute Gasteiger partial charge is 0.276 e. The van der Waals surface area contributed by atoms with Crippen LogP contribution >= 0.6 is 0 Å². The van der Waals surface area contributed by atoms with E-state index in [1.807, 2.05) is 23.4 Å². The maximum Gasteiger partial charge on any atom is 0.276 e. The number of rotatable bonds is 5. The second-order valence-corrected chi connectivity index (χ2v) is 11.0. The number of nitrogens with zero attached hydrogens (tertiary/aromatic N) is 4. The van der Waals surface area contributed by atoms with Gasteiger partial charge >= 0.3 is 0 Å². The predicted molar refractivity (Wildman–Crippen MR) is 147 cm³/mol. The predicted octanol–water partition coefficient (Wildman–Crippen LogP) is 5.55. The molecule has 1 spiro atoms. The van der Waals surface area contributed by atoms with Crippen LogP contribution in [0.15, 0.2) is 59.4 Å². The maximum absolute atomic E-state index is 13.2. The van der Waals surface area contributed by atoms with E-state index >= 15 is 0 Å². The quantitative estimate of drug-likeness (QED) is 0.443. The number of aryl methyl sites for hydroxylation is 2. The largest absolute Gasteiger partial charge is 0.492 e. The van der Waals surface area contributed by atoms with Crippen molar-refractivity contribution in [1.82, 2.24) is 19.9 Å². The molecule has 0 unspecified atom stereocenters. The average molecular weight is 517 g/mol. The molecule has 1 fully saturated rings. The first-order valence-corrected chi connectivity index (χ1v) is 14.2. The number of carbonyl (C=O) groups is 1. The van der Waals surface area contributed by atoms with E-state index in [2.05, 4.69) is 58.4 Å². The number of hydrogen-bond donors (Lipinski definition) is 0. The van der Waals surface area contributed by atoms with E-state index in [0.717, 1.165) is 82.8 Å². The molecule has 1 saturated heterocycles. The molecule has 2 aliphatic heterocycles. The normalized spacial score (nSPS) is 18.7. The average Bonchev–Trinajstić information content (AvgIpc) is 3.41. The summed E-state index contributed by atoms with van der Waals surface area (Å²) in [7, 11) is 0. The van der Waals surface area contributed by atoms with Gasteiger partial charge in [-0.25, -0.2) is 0 Å². The SMILES string of the molecule is CCCc1cc(C(=O)N2CCC3(CCCCc4ccccc4OCCN(Cc4ccncc4)C3)CC2)no1. The number of amides is 1. The van der Waals surface area contributed by atoms with E-state index in [1.54, 1.807) is 0 Å². The van der Waals surface area contributed by atoms with Gasteiger partial charge in [0, 0.05) is 57.6 Å². The summed E-state index contributed by atoms with van der Waals surface area (Å²) >= 11 is 0. The zero-order chi connectivity index (χ0) is 26.2. The molecule has 2 aromatic heterocycles. The van der Waals surface area contributed by atoms with E-state index in [4.69, 9.17) is 9.26 Å². The molecule has 5 rings (SSSR count). The lowest BCUT2D eigenvalue weighted by atomic mass is 9.73. The van der Waals surface area contributed by atoms with Crippen LogP contribution in [0, 0.1) is 5.41 Å². The number of benzene rings is 1. The Bertz CT molecular complexity index is 1170. The number of hydrogen-bond acceptors (Lipinski definition) is 6. The van der Waals surface area contributed by atoms with Crippen molar-refractivity contribution >= 4 is 5.91 Å². The fraction of sp³-hybridized carbons (Fsp3) is 0.516. The van der Waals surface area contributed by atoms with E-state index in [9.17, 15) is 4.79 Å². The van der Waals surface area contributed by atoms with Crippen LogP contribution in [0.1, 0.15) is 72.8 Å². The van der Waals surface area contributed by atoms with Gasteiger partial charge in [-0.3, -0.25) is 14.7 Å². The van der Waals surface area contributed by atoms with Crippen LogP contribution in [0.25, 0.3) is 0 Å². The van der Waals surface area contributed by atoms with Gasteiger partial charge in [0.05, 0.1) is 0 Å². The monoisotopic (exact) mass is 516 g/mol. The van der Waals surface area contributed by atoms with Crippen molar-refractivity contribution in [1.29, 1.82) is 0 Å². The molecule has 4 heterocycles. The topological polar surface area (TPSA) is 71.7 Å². The maximum atomic E-state index is 13.2. The van der Waals surface area contributed by atoms with Crippen LogP contribution in [0.2, 0.25) is 0 Å². The highest BCUT2D eigenvalue weighted by molar-refractivity contribution is 5.92. The Balaban J connectivity index is 1.30. The third-order valence-corrected chi connectivity index (χ3v) is 8.14. The fourth-order valence-electron chi connectivity index (χ4n) is 6.00. The summed E-state index contributed by atoms with van der Waals surface area (Å²) in [5.74, 6) is 1.81. The molecule has 1 aromatic carbocycles. The summed E-state index contributed by atoms with van der Waals surface area (Å²) in [6.07, 6.45) is 12.1. The summed E-state index contributed by atoms with van der Waals surface area (Å²) in [6.45, 7) is 7.02. The molecule has 0 atom stereocenters. The lowest BCUT2D eigenvalue weighted by molar-refractivity contribution is 0.0355. The molecule has 7 heteroatoms. The Morgan fingerprint density at radius 1 is 1.03 bits per heavy atom. The Kier molecular flexibility index (Phi) is 8.74. The van der Waals surface area contributed by atoms with Crippen molar-refractivity contribution in [3.05, 3.63) is 77.4 Å². The van der Waals surface area contributed by atoms with E-state index in [0.29, 0.717) is 12.3 Å². The van der Waals surface area contributed by atoms with Crippen molar-refractivity contribution in [3.63, 3.8) is 0 Å². The Morgan fingerprint density at radius 2 is 1.84 bits per heavy atom. The summed E-state index contributed by atoms with van der Waals surface area (Å²) in [5.41, 5.74) is 3.19. The number of pyridine rings is 1. The molecule has 0 saturated carbocycles. The zero-order valence-corrected chi connectivity index (χ0v) is 22.6. The molecule has 3 aromatic rings. The van der Waals surface area contributed by atoms with Crippen LogP contribution in [0.4, 0.5) is 0 Å².